The Labute approximate surface area is 150 Å². The van der Waals surface area contributed by atoms with Crippen LogP contribution in [0.3, 0.4) is 0 Å². The molecule has 0 spiro atoms. The number of carbonyl (C=O) groups excluding carboxylic acids is 3. The lowest BCUT2D eigenvalue weighted by Gasteiger charge is -2.60. The first-order valence-electron chi connectivity index (χ1n) is 10.0. The summed E-state index contributed by atoms with van der Waals surface area (Å²) in [6, 6.07) is 0. The molecule has 25 heavy (non-hydrogen) atoms. The van der Waals surface area contributed by atoms with E-state index in [0.29, 0.717) is 30.3 Å². The molecule has 4 aliphatic rings. The van der Waals surface area contributed by atoms with Gasteiger partial charge in [0.1, 0.15) is 17.7 Å². The predicted molar refractivity (Wildman–Crippen MR) is 92.7 cm³/mol. The number of ketones is 2. The standard InChI is InChI=1S/C21H30O4/c1-12(22)25-18-6-4-5-13-11-16(23)19-14-7-8-17(24)20(14,2)10-9-15(19)21(13,18)3/h13-15,18-19H,4-11H2,1-3H3/t13?,14-,15-,18?,19-,20-,21-/m0/s1. The number of carbonyl (C=O) groups is 3. The summed E-state index contributed by atoms with van der Waals surface area (Å²) in [5.74, 6) is 1.29. The highest BCUT2D eigenvalue weighted by molar-refractivity contribution is 5.90. The molecule has 0 N–H and O–H groups in total. The van der Waals surface area contributed by atoms with Gasteiger partial charge in [-0.15, -0.1) is 0 Å². The second-order valence-electron chi connectivity index (χ2n) is 9.42. The second kappa shape index (κ2) is 5.65. The van der Waals surface area contributed by atoms with Crippen LogP contribution in [0.5, 0.6) is 0 Å². The number of hydrogen-bond donors (Lipinski definition) is 0. The zero-order valence-electron chi connectivity index (χ0n) is 15.7. The van der Waals surface area contributed by atoms with Crippen LogP contribution >= 0.6 is 0 Å². The smallest absolute Gasteiger partial charge is 0.302 e. The van der Waals surface area contributed by atoms with E-state index < -0.39 is 0 Å². The van der Waals surface area contributed by atoms with Crippen LogP contribution in [0.1, 0.15) is 72.1 Å². The van der Waals surface area contributed by atoms with Crippen molar-refractivity contribution in [3.63, 3.8) is 0 Å². The minimum Gasteiger partial charge on any atom is -0.462 e. The first-order valence-corrected chi connectivity index (χ1v) is 10.0. The molecule has 0 amide bonds. The summed E-state index contributed by atoms with van der Waals surface area (Å²) < 4.78 is 5.79. The van der Waals surface area contributed by atoms with Crippen molar-refractivity contribution >= 4 is 17.5 Å². The summed E-state index contributed by atoms with van der Waals surface area (Å²) in [5, 5.41) is 0. The Bertz CT molecular complexity index is 625. The largest absolute Gasteiger partial charge is 0.462 e. The van der Waals surface area contributed by atoms with Crippen molar-refractivity contribution in [2.45, 2.75) is 78.2 Å². The van der Waals surface area contributed by atoms with Crippen LogP contribution in [0.25, 0.3) is 0 Å². The van der Waals surface area contributed by atoms with E-state index >= 15 is 0 Å². The van der Waals surface area contributed by atoms with Crippen molar-refractivity contribution in [2.75, 3.05) is 0 Å². The Morgan fingerprint density at radius 1 is 1.08 bits per heavy atom. The van der Waals surface area contributed by atoms with Gasteiger partial charge in [-0.3, -0.25) is 14.4 Å². The molecule has 4 heteroatoms. The maximum Gasteiger partial charge on any atom is 0.302 e. The number of rotatable bonds is 1. The van der Waals surface area contributed by atoms with E-state index in [0.717, 1.165) is 38.5 Å². The molecule has 2 unspecified atom stereocenters. The molecular formula is C21H30O4. The van der Waals surface area contributed by atoms with Crippen LogP contribution in [0.15, 0.2) is 0 Å². The highest BCUT2D eigenvalue weighted by Crippen LogP contribution is 2.64. The topological polar surface area (TPSA) is 60.4 Å². The van der Waals surface area contributed by atoms with Crippen LogP contribution in [0.2, 0.25) is 0 Å². The molecule has 0 aromatic heterocycles. The minimum atomic E-state index is -0.300. The third kappa shape index (κ3) is 2.28. The molecule has 4 nitrogen and oxygen atoms in total. The zero-order valence-corrected chi connectivity index (χ0v) is 15.7. The van der Waals surface area contributed by atoms with Crippen LogP contribution < -0.4 is 0 Å². The van der Waals surface area contributed by atoms with Gasteiger partial charge in [-0.05, 0) is 56.3 Å². The van der Waals surface area contributed by atoms with Crippen molar-refractivity contribution in [3.05, 3.63) is 0 Å². The van der Waals surface area contributed by atoms with E-state index in [1.54, 1.807) is 0 Å². The van der Waals surface area contributed by atoms with Gasteiger partial charge in [0.25, 0.3) is 0 Å². The third-order valence-electron chi connectivity index (χ3n) is 8.50. The average molecular weight is 346 g/mol. The lowest BCUT2D eigenvalue weighted by atomic mass is 9.44. The molecular weight excluding hydrogens is 316 g/mol. The predicted octanol–water partition coefficient (Wildman–Crippen LogP) is 3.71. The fourth-order valence-corrected chi connectivity index (χ4v) is 7.12. The first-order chi connectivity index (χ1) is 11.8. The molecule has 4 aliphatic carbocycles. The molecule has 138 valence electrons. The lowest BCUT2D eigenvalue weighted by Crippen LogP contribution is -2.61. The van der Waals surface area contributed by atoms with Gasteiger partial charge in [0, 0.05) is 36.5 Å². The molecule has 7 atom stereocenters. The number of fused-ring (bicyclic) bond motifs is 5. The molecule has 0 aromatic rings. The quantitative estimate of drug-likeness (QED) is 0.679. The fraction of sp³-hybridized carbons (Fsp3) is 0.857. The Morgan fingerprint density at radius 2 is 1.84 bits per heavy atom. The van der Waals surface area contributed by atoms with E-state index in [1.807, 2.05) is 0 Å². The molecule has 0 bridgehead atoms. The van der Waals surface area contributed by atoms with Gasteiger partial charge < -0.3 is 4.74 Å². The van der Waals surface area contributed by atoms with Gasteiger partial charge in [-0.25, -0.2) is 0 Å². The highest BCUT2D eigenvalue weighted by Gasteiger charge is 2.64. The SMILES string of the molecule is CC(=O)OC1CCCC2CC(=O)[C@@H]3[C@H](CC[C@]4(C)C(=O)CC[C@@H]34)[C@]21C. The first kappa shape index (κ1) is 17.2. The Kier molecular flexibility index (Phi) is 3.90. The van der Waals surface area contributed by atoms with Gasteiger partial charge in [0.2, 0.25) is 0 Å². The number of ether oxygens (including phenoxy) is 1. The summed E-state index contributed by atoms with van der Waals surface area (Å²) in [6.45, 7) is 5.86. The van der Waals surface area contributed by atoms with Crippen molar-refractivity contribution in [3.8, 4) is 0 Å². The van der Waals surface area contributed by atoms with Crippen LogP contribution in [0, 0.1) is 34.5 Å². The van der Waals surface area contributed by atoms with Gasteiger partial charge >= 0.3 is 5.97 Å². The monoisotopic (exact) mass is 346 g/mol. The lowest BCUT2D eigenvalue weighted by molar-refractivity contribution is -0.189. The molecule has 4 saturated carbocycles. The zero-order chi connectivity index (χ0) is 18.0. The molecule has 0 saturated heterocycles. The molecule has 0 aliphatic heterocycles. The number of esters is 1. The summed E-state index contributed by atoms with van der Waals surface area (Å²) in [5.41, 5.74) is -0.416. The average Bonchev–Trinajstić information content (AvgIpc) is 2.85. The van der Waals surface area contributed by atoms with E-state index in [4.69, 9.17) is 4.74 Å². The number of Topliss-reactive ketones (excluding diaryl/α,β-unsaturated/α-hetero) is 2. The Hall–Kier alpha value is -1.19. The molecule has 0 aromatic carbocycles. The van der Waals surface area contributed by atoms with Gasteiger partial charge in [-0.2, -0.15) is 0 Å². The molecule has 0 heterocycles. The van der Waals surface area contributed by atoms with Crippen LogP contribution in [0.4, 0.5) is 0 Å². The Balaban J connectivity index is 1.73. The van der Waals surface area contributed by atoms with Crippen molar-refractivity contribution in [2.24, 2.45) is 34.5 Å². The van der Waals surface area contributed by atoms with E-state index in [2.05, 4.69) is 13.8 Å². The van der Waals surface area contributed by atoms with Gasteiger partial charge in [-0.1, -0.05) is 13.8 Å². The van der Waals surface area contributed by atoms with E-state index in [-0.39, 0.29) is 40.7 Å². The van der Waals surface area contributed by atoms with Crippen LogP contribution in [-0.4, -0.2) is 23.6 Å². The number of hydrogen-bond acceptors (Lipinski definition) is 4. The van der Waals surface area contributed by atoms with Crippen LogP contribution in [-0.2, 0) is 19.1 Å². The van der Waals surface area contributed by atoms with E-state index in [9.17, 15) is 14.4 Å². The Morgan fingerprint density at radius 3 is 2.56 bits per heavy atom. The highest BCUT2D eigenvalue weighted by atomic mass is 16.5. The maximum atomic E-state index is 13.1. The van der Waals surface area contributed by atoms with E-state index in [1.165, 1.54) is 6.92 Å². The molecule has 0 radical (unpaired) electrons. The molecule has 4 fully saturated rings. The normalized spacial score (nSPS) is 49.2. The summed E-state index contributed by atoms with van der Waals surface area (Å²) in [6.07, 6.45) is 6.82. The van der Waals surface area contributed by atoms with Gasteiger partial charge in [0.05, 0.1) is 0 Å². The van der Waals surface area contributed by atoms with Crippen molar-refractivity contribution < 1.29 is 19.1 Å². The third-order valence-corrected chi connectivity index (χ3v) is 8.50. The fourth-order valence-electron chi connectivity index (χ4n) is 7.12. The van der Waals surface area contributed by atoms with Crippen molar-refractivity contribution in [1.82, 2.24) is 0 Å². The summed E-state index contributed by atoms with van der Waals surface area (Å²) >= 11 is 0. The minimum absolute atomic E-state index is 0.0115. The summed E-state index contributed by atoms with van der Waals surface area (Å²) in [7, 11) is 0. The van der Waals surface area contributed by atoms with Gasteiger partial charge in [0.15, 0.2) is 0 Å². The maximum absolute atomic E-state index is 13.1. The molecule has 4 rings (SSSR count). The summed E-state index contributed by atoms with van der Waals surface area (Å²) in [4.78, 5) is 37.3. The second-order valence-corrected chi connectivity index (χ2v) is 9.42. The van der Waals surface area contributed by atoms with Crippen molar-refractivity contribution in [1.29, 1.82) is 0 Å².